The van der Waals surface area contributed by atoms with Crippen molar-refractivity contribution in [2.24, 2.45) is 0 Å². The molecule has 0 aromatic heterocycles. The van der Waals surface area contributed by atoms with Gasteiger partial charge >= 0.3 is 0 Å². The quantitative estimate of drug-likeness (QED) is 0.736. The number of para-hydroxylation sites is 1. The Kier molecular flexibility index (Phi) is 3.23. The molecule has 0 saturated heterocycles. The van der Waals surface area contributed by atoms with Crippen LogP contribution < -0.4 is 5.32 Å². The van der Waals surface area contributed by atoms with Crippen LogP contribution in [0.5, 0.6) is 0 Å². The van der Waals surface area contributed by atoms with Crippen LogP contribution in [0.4, 0.5) is 5.69 Å². The summed E-state index contributed by atoms with van der Waals surface area (Å²) in [6, 6.07) is 8.89. The first-order chi connectivity index (χ1) is 6.24. The maximum absolute atomic E-state index is 11.1. The molecule has 1 amide bonds. The van der Waals surface area contributed by atoms with Crippen molar-refractivity contribution in [2.45, 2.75) is 0 Å². The number of hydrogen-bond donors (Lipinski definition) is 2. The van der Waals surface area contributed by atoms with Crippen LogP contribution in [0.1, 0.15) is 0 Å². The van der Waals surface area contributed by atoms with E-state index in [1.54, 1.807) is 24.3 Å². The fraction of sp³-hybridized carbons (Fsp3) is 0. The molecule has 0 aliphatic carbocycles. The lowest BCUT2D eigenvalue weighted by Crippen LogP contribution is -2.18. The second-order valence-electron chi connectivity index (χ2n) is 2.41. The van der Waals surface area contributed by atoms with Crippen LogP contribution in [0.15, 0.2) is 43.0 Å². The fourth-order valence-corrected chi connectivity index (χ4v) is 0.809. The van der Waals surface area contributed by atoms with Gasteiger partial charge in [-0.3, -0.25) is 4.79 Å². The van der Waals surface area contributed by atoms with E-state index in [4.69, 9.17) is 5.11 Å². The molecule has 0 heterocycles. The molecule has 2 N–H and O–H groups in total. The maximum atomic E-state index is 11.1. The molecule has 1 aromatic rings. The van der Waals surface area contributed by atoms with Crippen molar-refractivity contribution in [3.63, 3.8) is 0 Å². The van der Waals surface area contributed by atoms with Crippen molar-refractivity contribution in [1.29, 1.82) is 0 Å². The van der Waals surface area contributed by atoms with Gasteiger partial charge in [-0.1, -0.05) is 24.8 Å². The Labute approximate surface area is 76.7 Å². The lowest BCUT2D eigenvalue weighted by atomic mass is 10.3. The molecular weight excluding hydrogens is 166 g/mol. The molecule has 0 spiro atoms. The van der Waals surface area contributed by atoms with Gasteiger partial charge in [0.15, 0.2) is 0 Å². The maximum Gasteiger partial charge on any atom is 0.264 e. The van der Waals surface area contributed by atoms with Crippen LogP contribution in [0, 0.1) is 6.10 Å². The number of aliphatic hydroxyl groups excluding tert-OH is 1. The lowest BCUT2D eigenvalue weighted by Gasteiger charge is -2.05. The monoisotopic (exact) mass is 176 g/mol. The smallest absolute Gasteiger partial charge is 0.264 e. The number of anilines is 1. The molecule has 0 aliphatic heterocycles. The highest BCUT2D eigenvalue weighted by atomic mass is 16.3. The number of rotatable bonds is 3. The highest BCUT2D eigenvalue weighted by Crippen LogP contribution is 2.07. The van der Waals surface area contributed by atoms with Crippen LogP contribution in [-0.2, 0) is 4.79 Å². The molecule has 3 nitrogen and oxygen atoms in total. The summed E-state index contributed by atoms with van der Waals surface area (Å²) in [6.45, 7) is 3.28. The molecule has 13 heavy (non-hydrogen) atoms. The summed E-state index contributed by atoms with van der Waals surface area (Å²) in [5.41, 5.74) is 0.640. The molecule has 3 heteroatoms. The minimum atomic E-state index is -0.554. The van der Waals surface area contributed by atoms with Crippen LogP contribution >= 0.6 is 0 Å². The van der Waals surface area contributed by atoms with E-state index in [1.807, 2.05) is 6.07 Å². The first kappa shape index (κ1) is 9.48. The van der Waals surface area contributed by atoms with Crippen LogP contribution in [0.3, 0.4) is 0 Å². The number of amides is 1. The van der Waals surface area contributed by atoms with E-state index in [1.165, 1.54) is 0 Å². The highest BCUT2D eigenvalue weighted by Gasteiger charge is 2.11. The molecule has 0 aliphatic rings. The lowest BCUT2D eigenvalue weighted by molar-refractivity contribution is -0.117. The molecule has 1 radical (unpaired) electrons. The molecule has 1 aromatic carbocycles. The molecule has 0 atom stereocenters. The molecule has 0 fully saturated rings. The summed E-state index contributed by atoms with van der Waals surface area (Å²) >= 11 is 0. The minimum Gasteiger partial charge on any atom is -0.373 e. The van der Waals surface area contributed by atoms with E-state index < -0.39 is 5.91 Å². The average molecular weight is 176 g/mol. The standard InChI is InChI=1S/C10H10NO2/c1-2-9(12)10(13)11-8-6-4-3-5-7-8/h2-7,12H,1H2,(H,11,13). The molecule has 1 rings (SSSR count). The zero-order valence-corrected chi connectivity index (χ0v) is 7.03. The van der Waals surface area contributed by atoms with Gasteiger partial charge in [0.1, 0.15) is 0 Å². The molecule has 0 unspecified atom stereocenters. The molecule has 0 bridgehead atoms. The number of nitrogens with one attached hydrogen (secondary N) is 1. The third-order valence-corrected chi connectivity index (χ3v) is 1.46. The number of benzene rings is 1. The Balaban J connectivity index is 2.60. The summed E-state index contributed by atoms with van der Waals surface area (Å²) < 4.78 is 0. The number of carbonyl (C=O) groups excluding carboxylic acids is 1. The van der Waals surface area contributed by atoms with E-state index in [0.717, 1.165) is 6.08 Å². The van der Waals surface area contributed by atoms with E-state index in [-0.39, 0.29) is 6.10 Å². The van der Waals surface area contributed by atoms with Crippen LogP contribution in [-0.4, -0.2) is 11.0 Å². The topological polar surface area (TPSA) is 49.3 Å². The van der Waals surface area contributed by atoms with Crippen molar-refractivity contribution in [3.8, 4) is 0 Å². The third-order valence-electron chi connectivity index (χ3n) is 1.46. The molecular formula is C10H10NO2. The van der Waals surface area contributed by atoms with Gasteiger partial charge in [0.05, 0.1) is 0 Å². The van der Waals surface area contributed by atoms with Gasteiger partial charge in [0, 0.05) is 5.69 Å². The van der Waals surface area contributed by atoms with Crippen molar-refractivity contribution in [1.82, 2.24) is 0 Å². The van der Waals surface area contributed by atoms with Crippen LogP contribution in [0.2, 0.25) is 0 Å². The van der Waals surface area contributed by atoms with Crippen LogP contribution in [0.25, 0.3) is 0 Å². The zero-order valence-electron chi connectivity index (χ0n) is 7.03. The average Bonchev–Trinajstić information content (AvgIpc) is 2.18. The summed E-state index contributed by atoms with van der Waals surface area (Å²) in [5.74, 6) is -0.554. The van der Waals surface area contributed by atoms with E-state index in [2.05, 4.69) is 11.9 Å². The Morgan fingerprint density at radius 2 is 2.00 bits per heavy atom. The predicted molar refractivity (Wildman–Crippen MR) is 50.4 cm³/mol. The zero-order chi connectivity index (χ0) is 9.68. The van der Waals surface area contributed by atoms with Gasteiger partial charge in [-0.05, 0) is 18.2 Å². The third kappa shape index (κ3) is 2.72. The highest BCUT2D eigenvalue weighted by molar-refractivity contribution is 6.00. The predicted octanol–water partition coefficient (Wildman–Crippen LogP) is 1.72. The summed E-state index contributed by atoms with van der Waals surface area (Å²) in [7, 11) is 0. The number of aliphatic hydroxyl groups is 1. The van der Waals surface area contributed by atoms with Gasteiger partial charge in [-0.15, -0.1) is 0 Å². The van der Waals surface area contributed by atoms with Gasteiger partial charge in [0.2, 0.25) is 6.10 Å². The molecule has 67 valence electrons. The van der Waals surface area contributed by atoms with Crippen molar-refractivity contribution >= 4 is 11.6 Å². The van der Waals surface area contributed by atoms with Gasteiger partial charge in [-0.25, -0.2) is 0 Å². The Hall–Kier alpha value is -1.61. The Morgan fingerprint density at radius 3 is 2.54 bits per heavy atom. The minimum absolute atomic E-state index is 0.385. The molecule has 0 saturated carbocycles. The van der Waals surface area contributed by atoms with Gasteiger partial charge in [0.25, 0.3) is 5.91 Å². The summed E-state index contributed by atoms with van der Waals surface area (Å²) in [5, 5.41) is 11.5. The second kappa shape index (κ2) is 4.42. The number of carbonyl (C=O) groups is 1. The van der Waals surface area contributed by atoms with Gasteiger partial charge < -0.3 is 10.4 Å². The van der Waals surface area contributed by atoms with Crippen molar-refractivity contribution < 1.29 is 9.90 Å². The van der Waals surface area contributed by atoms with Crippen molar-refractivity contribution in [2.75, 3.05) is 5.32 Å². The second-order valence-corrected chi connectivity index (χ2v) is 2.41. The fourth-order valence-electron chi connectivity index (χ4n) is 0.809. The van der Waals surface area contributed by atoms with E-state index >= 15 is 0 Å². The first-order valence-electron chi connectivity index (χ1n) is 3.79. The normalized spacial score (nSPS) is 9.69. The largest absolute Gasteiger partial charge is 0.373 e. The first-order valence-corrected chi connectivity index (χ1v) is 3.79. The summed E-state index contributed by atoms with van der Waals surface area (Å²) in [4.78, 5) is 11.1. The summed E-state index contributed by atoms with van der Waals surface area (Å²) in [6.07, 6.45) is 0.710. The van der Waals surface area contributed by atoms with Crippen molar-refractivity contribution in [3.05, 3.63) is 49.1 Å². The number of hydrogen-bond acceptors (Lipinski definition) is 2. The Morgan fingerprint density at radius 1 is 1.38 bits per heavy atom. The Bertz CT molecular complexity index is 295. The SMILES string of the molecule is C=C[C](O)C(=O)Nc1ccccc1. The van der Waals surface area contributed by atoms with E-state index in [9.17, 15) is 4.79 Å². The van der Waals surface area contributed by atoms with E-state index in [0.29, 0.717) is 5.69 Å². The van der Waals surface area contributed by atoms with Gasteiger partial charge in [-0.2, -0.15) is 0 Å².